The van der Waals surface area contributed by atoms with Gasteiger partial charge in [-0.1, -0.05) is 29.8 Å². The molecule has 0 spiro atoms. The van der Waals surface area contributed by atoms with Gasteiger partial charge in [0.1, 0.15) is 5.52 Å². The van der Waals surface area contributed by atoms with E-state index in [-0.39, 0.29) is 11.1 Å². The summed E-state index contributed by atoms with van der Waals surface area (Å²) in [5.74, 6) is 0.186. The molecule has 0 bridgehead atoms. The van der Waals surface area contributed by atoms with Crippen molar-refractivity contribution in [2.45, 2.75) is 0 Å². The number of carbonyl (C=O) groups is 1. The van der Waals surface area contributed by atoms with Gasteiger partial charge in [-0.05, 0) is 12.1 Å². The molecule has 1 amide bonds. The number of anilines is 2. The molecule has 3 aromatic rings. The Morgan fingerprint density at radius 3 is 2.74 bits per heavy atom. The lowest BCUT2D eigenvalue weighted by Crippen LogP contribution is -2.17. The molecule has 2 aromatic heterocycles. The first-order valence-corrected chi connectivity index (χ1v) is 5.83. The third kappa shape index (κ3) is 2.02. The van der Waals surface area contributed by atoms with Crippen molar-refractivity contribution in [3.05, 3.63) is 41.8 Å². The van der Waals surface area contributed by atoms with E-state index in [1.54, 1.807) is 12.1 Å². The summed E-state index contributed by atoms with van der Waals surface area (Å²) in [7, 11) is 0. The van der Waals surface area contributed by atoms with Gasteiger partial charge >= 0.3 is 0 Å². The van der Waals surface area contributed by atoms with Crippen LogP contribution < -0.4 is 4.90 Å². The molecular weight excluding hydrogens is 266 g/mol. The van der Waals surface area contributed by atoms with Crippen molar-refractivity contribution >= 4 is 40.8 Å². The van der Waals surface area contributed by atoms with Crippen molar-refractivity contribution in [1.82, 2.24) is 19.9 Å². The fourth-order valence-corrected chi connectivity index (χ4v) is 1.92. The molecule has 1 N–H and O–H groups in total. The summed E-state index contributed by atoms with van der Waals surface area (Å²) in [6.07, 6.45) is 2.11. The molecule has 19 heavy (non-hydrogen) atoms. The summed E-state index contributed by atoms with van der Waals surface area (Å²) in [5.41, 5.74) is 1.62. The van der Waals surface area contributed by atoms with Crippen LogP contribution in [0.25, 0.3) is 11.2 Å². The van der Waals surface area contributed by atoms with Gasteiger partial charge in [0.2, 0.25) is 12.4 Å². The van der Waals surface area contributed by atoms with Gasteiger partial charge in [0.15, 0.2) is 10.8 Å². The quantitative estimate of drug-likeness (QED) is 0.587. The number of benzene rings is 1. The molecule has 0 aliphatic carbocycles. The second-order valence-electron chi connectivity index (χ2n) is 3.73. The lowest BCUT2D eigenvalue weighted by atomic mass is 10.3. The van der Waals surface area contributed by atoms with Crippen LogP contribution in [0.3, 0.4) is 0 Å². The minimum atomic E-state index is 0.186. The SMILES string of the molecule is O=CN(c1ccccc1)c1nc(Cl)c2[nH]cnc2n1. The van der Waals surface area contributed by atoms with Gasteiger partial charge in [-0.15, -0.1) is 0 Å². The third-order valence-corrected chi connectivity index (χ3v) is 2.86. The zero-order chi connectivity index (χ0) is 13.2. The summed E-state index contributed by atoms with van der Waals surface area (Å²) in [6, 6.07) is 9.05. The molecule has 0 saturated heterocycles. The Labute approximate surface area is 113 Å². The van der Waals surface area contributed by atoms with Crippen molar-refractivity contribution in [3.63, 3.8) is 0 Å². The number of carbonyl (C=O) groups excluding carboxylic acids is 1. The van der Waals surface area contributed by atoms with Gasteiger partial charge in [-0.25, -0.2) is 4.98 Å². The second-order valence-corrected chi connectivity index (χ2v) is 4.08. The van der Waals surface area contributed by atoms with Crippen LogP contribution >= 0.6 is 11.6 Å². The Balaban J connectivity index is 2.14. The number of aromatic amines is 1. The first kappa shape index (κ1) is 11.6. The highest BCUT2D eigenvalue weighted by atomic mass is 35.5. The number of hydrogen-bond donors (Lipinski definition) is 1. The molecular formula is C12H8ClN5O. The molecule has 0 radical (unpaired) electrons. The molecule has 3 rings (SSSR count). The fraction of sp³-hybridized carbons (Fsp3) is 0. The Morgan fingerprint density at radius 1 is 1.21 bits per heavy atom. The van der Waals surface area contributed by atoms with E-state index >= 15 is 0 Å². The van der Waals surface area contributed by atoms with Gasteiger partial charge in [0, 0.05) is 0 Å². The summed E-state index contributed by atoms with van der Waals surface area (Å²) in [4.78, 5) is 27.7. The van der Waals surface area contributed by atoms with Gasteiger partial charge < -0.3 is 4.98 Å². The number of amides is 1. The van der Waals surface area contributed by atoms with Crippen LogP contribution in [0, 0.1) is 0 Å². The number of hydrogen-bond acceptors (Lipinski definition) is 4. The monoisotopic (exact) mass is 273 g/mol. The largest absolute Gasteiger partial charge is 0.341 e. The van der Waals surface area contributed by atoms with Crippen LogP contribution in [0.5, 0.6) is 0 Å². The maximum atomic E-state index is 11.3. The normalized spacial score (nSPS) is 10.6. The van der Waals surface area contributed by atoms with Crippen molar-refractivity contribution < 1.29 is 4.79 Å². The van der Waals surface area contributed by atoms with Gasteiger partial charge in [0.25, 0.3) is 0 Å². The molecule has 94 valence electrons. The number of nitrogens with one attached hydrogen (secondary N) is 1. The number of halogens is 1. The zero-order valence-electron chi connectivity index (χ0n) is 9.62. The predicted molar refractivity (Wildman–Crippen MR) is 71.3 cm³/mol. The van der Waals surface area contributed by atoms with Crippen LogP contribution in [-0.2, 0) is 4.79 Å². The Morgan fingerprint density at radius 2 is 2.00 bits per heavy atom. The summed E-state index contributed by atoms with van der Waals surface area (Å²) >= 11 is 6.03. The van der Waals surface area contributed by atoms with Crippen LogP contribution in [-0.4, -0.2) is 26.3 Å². The number of aromatic nitrogens is 4. The fourth-order valence-electron chi connectivity index (χ4n) is 1.71. The number of H-pyrrole nitrogens is 1. The van der Waals surface area contributed by atoms with E-state index in [1.165, 1.54) is 11.2 Å². The molecule has 0 aliphatic heterocycles. The van der Waals surface area contributed by atoms with Crippen molar-refractivity contribution in [2.24, 2.45) is 0 Å². The highest BCUT2D eigenvalue weighted by molar-refractivity contribution is 6.33. The number of imidazole rings is 1. The number of nitrogens with zero attached hydrogens (tertiary/aromatic N) is 4. The molecule has 6 nitrogen and oxygen atoms in total. The minimum Gasteiger partial charge on any atom is -0.341 e. The highest BCUT2D eigenvalue weighted by Gasteiger charge is 2.15. The van der Waals surface area contributed by atoms with Crippen molar-refractivity contribution in [3.8, 4) is 0 Å². The maximum absolute atomic E-state index is 11.3. The molecule has 0 fully saturated rings. The first-order chi connectivity index (χ1) is 9.29. The predicted octanol–water partition coefficient (Wildman–Crippen LogP) is 2.30. The van der Waals surface area contributed by atoms with E-state index in [0.29, 0.717) is 23.3 Å². The summed E-state index contributed by atoms with van der Waals surface area (Å²) in [6.45, 7) is 0. The molecule has 7 heteroatoms. The maximum Gasteiger partial charge on any atom is 0.240 e. The average molecular weight is 274 g/mol. The molecule has 0 unspecified atom stereocenters. The number of fused-ring (bicyclic) bond motifs is 1. The summed E-state index contributed by atoms with van der Waals surface area (Å²) < 4.78 is 0. The molecule has 0 aliphatic rings. The van der Waals surface area contributed by atoms with E-state index in [9.17, 15) is 4.79 Å². The molecule has 2 heterocycles. The zero-order valence-corrected chi connectivity index (χ0v) is 10.4. The lowest BCUT2D eigenvalue weighted by Gasteiger charge is -2.14. The van der Waals surface area contributed by atoms with Crippen LogP contribution in [0.4, 0.5) is 11.6 Å². The smallest absolute Gasteiger partial charge is 0.240 e. The first-order valence-electron chi connectivity index (χ1n) is 5.46. The minimum absolute atomic E-state index is 0.186. The number of para-hydroxylation sites is 1. The van der Waals surface area contributed by atoms with Crippen molar-refractivity contribution in [2.75, 3.05) is 4.90 Å². The van der Waals surface area contributed by atoms with Crippen molar-refractivity contribution in [1.29, 1.82) is 0 Å². The Kier molecular flexibility index (Phi) is 2.85. The standard InChI is InChI=1S/C12H8ClN5O/c13-10-9-11(15-6-14-9)17-12(16-10)18(7-19)8-4-2-1-3-5-8/h1-7H,(H,14,15,16,17). The van der Waals surface area contributed by atoms with Crippen LogP contribution in [0.15, 0.2) is 36.7 Å². The van der Waals surface area contributed by atoms with E-state index in [0.717, 1.165) is 0 Å². The summed E-state index contributed by atoms with van der Waals surface area (Å²) in [5, 5.41) is 0.222. The van der Waals surface area contributed by atoms with E-state index in [4.69, 9.17) is 11.6 Å². The molecule has 0 atom stereocenters. The third-order valence-electron chi connectivity index (χ3n) is 2.58. The molecule has 0 saturated carbocycles. The van der Waals surface area contributed by atoms with Gasteiger partial charge in [-0.3, -0.25) is 9.69 Å². The average Bonchev–Trinajstić information content (AvgIpc) is 2.90. The Hall–Kier alpha value is -2.47. The van der Waals surface area contributed by atoms with Gasteiger partial charge in [-0.2, -0.15) is 9.97 Å². The topological polar surface area (TPSA) is 74.8 Å². The molecule has 1 aromatic carbocycles. The highest BCUT2D eigenvalue weighted by Crippen LogP contribution is 2.24. The van der Waals surface area contributed by atoms with Crippen LogP contribution in [0.2, 0.25) is 5.15 Å². The Bertz CT molecular complexity index is 727. The lowest BCUT2D eigenvalue weighted by molar-refractivity contribution is -0.106. The van der Waals surface area contributed by atoms with E-state index in [2.05, 4.69) is 19.9 Å². The van der Waals surface area contributed by atoms with Gasteiger partial charge in [0.05, 0.1) is 12.0 Å². The van der Waals surface area contributed by atoms with E-state index < -0.39 is 0 Å². The van der Waals surface area contributed by atoms with E-state index in [1.807, 2.05) is 18.2 Å². The van der Waals surface area contributed by atoms with Crippen LogP contribution in [0.1, 0.15) is 0 Å². The number of rotatable bonds is 3. The second kappa shape index (κ2) is 4.66.